The first-order valence-electron chi connectivity index (χ1n) is 5.45. The zero-order chi connectivity index (χ0) is 13.8. The van der Waals surface area contributed by atoms with Gasteiger partial charge in [0, 0.05) is 19.3 Å². The summed E-state index contributed by atoms with van der Waals surface area (Å²) in [7, 11) is -1.45. The molecule has 0 spiro atoms. The van der Waals surface area contributed by atoms with Gasteiger partial charge in [0.1, 0.15) is 4.88 Å². The molecular weight excluding hydrogens is 274 g/mol. The fraction of sp³-hybridized carbons (Fsp3) is 0.500. The number of amides is 1. The first kappa shape index (κ1) is 14.8. The molecule has 1 aromatic heterocycles. The van der Waals surface area contributed by atoms with E-state index in [-0.39, 0.29) is 17.4 Å². The summed E-state index contributed by atoms with van der Waals surface area (Å²) in [6.45, 7) is 1.92. The number of nitrogen functional groups attached to an aromatic ring is 1. The van der Waals surface area contributed by atoms with Gasteiger partial charge in [0.25, 0.3) is 5.91 Å². The molecule has 0 unspecified atom stereocenters. The second kappa shape index (κ2) is 6.05. The summed E-state index contributed by atoms with van der Waals surface area (Å²) in [6.07, 6.45) is 0. The normalized spacial score (nSPS) is 11.2. The maximum Gasteiger partial charge on any atom is 0.263 e. The van der Waals surface area contributed by atoms with E-state index in [0.717, 1.165) is 0 Å². The van der Waals surface area contributed by atoms with E-state index in [9.17, 15) is 13.2 Å². The van der Waals surface area contributed by atoms with Crippen LogP contribution in [0, 0.1) is 0 Å². The summed E-state index contributed by atoms with van der Waals surface area (Å²) in [4.78, 5) is 11.9. The highest BCUT2D eigenvalue weighted by molar-refractivity contribution is 7.91. The van der Waals surface area contributed by atoms with E-state index in [4.69, 9.17) is 5.73 Å². The molecule has 0 fully saturated rings. The molecule has 4 N–H and O–H groups in total. The third-order valence-corrected chi connectivity index (χ3v) is 5.16. The number of nitrogens with one attached hydrogen (secondary N) is 2. The molecule has 0 aliphatic carbocycles. The Labute approximate surface area is 110 Å². The maximum absolute atomic E-state index is 11.4. The number of carbonyl (C=O) groups is 1. The molecule has 0 bridgehead atoms. The Morgan fingerprint density at radius 2 is 2.17 bits per heavy atom. The number of hydrogen-bond acceptors (Lipinski definition) is 6. The van der Waals surface area contributed by atoms with Crippen molar-refractivity contribution in [3.8, 4) is 0 Å². The second-order valence-electron chi connectivity index (χ2n) is 3.64. The number of carbonyl (C=O) groups excluding carboxylic acids is 1. The lowest BCUT2D eigenvalue weighted by Crippen LogP contribution is -2.17. The van der Waals surface area contributed by atoms with E-state index in [1.54, 1.807) is 13.0 Å². The highest BCUT2D eigenvalue weighted by Gasteiger charge is 2.13. The molecule has 1 aromatic rings. The van der Waals surface area contributed by atoms with Crippen LogP contribution in [0.25, 0.3) is 0 Å². The monoisotopic (exact) mass is 291 g/mol. The highest BCUT2D eigenvalue weighted by Crippen LogP contribution is 2.28. The molecule has 0 aromatic carbocycles. The zero-order valence-corrected chi connectivity index (χ0v) is 12.0. The predicted molar refractivity (Wildman–Crippen MR) is 74.9 cm³/mol. The summed E-state index contributed by atoms with van der Waals surface area (Å²) in [5, 5.41) is 6.14. The Kier molecular flexibility index (Phi) is 4.97. The van der Waals surface area contributed by atoms with Crippen molar-refractivity contribution in [1.82, 2.24) is 5.32 Å². The molecule has 0 radical (unpaired) electrons. The number of nitrogens with two attached hydrogens (primary N) is 1. The van der Waals surface area contributed by atoms with Crippen LogP contribution in [0.15, 0.2) is 6.07 Å². The van der Waals surface area contributed by atoms with Crippen LogP contribution >= 0.6 is 11.3 Å². The minimum Gasteiger partial charge on any atom is -0.397 e. The van der Waals surface area contributed by atoms with Gasteiger partial charge in [-0.25, -0.2) is 8.42 Å². The Balaban J connectivity index is 2.62. The fourth-order valence-electron chi connectivity index (χ4n) is 1.26. The Morgan fingerprint density at radius 1 is 1.50 bits per heavy atom. The molecule has 0 saturated carbocycles. The average Bonchev–Trinajstić information content (AvgIpc) is 2.69. The van der Waals surface area contributed by atoms with Crippen molar-refractivity contribution in [2.75, 3.05) is 36.1 Å². The number of rotatable bonds is 6. The standard InChI is InChI=1S/C10H17N3O3S2/c1-3-18(15,16)5-4-13-8-6-7(11)9(17-8)10(14)12-2/h6,13H,3-5,11H2,1-2H3,(H,12,14). The highest BCUT2D eigenvalue weighted by atomic mass is 32.2. The minimum atomic E-state index is -2.98. The lowest BCUT2D eigenvalue weighted by molar-refractivity contribution is 0.0968. The molecular formula is C10H17N3O3S2. The summed E-state index contributed by atoms with van der Waals surface area (Å²) >= 11 is 1.21. The van der Waals surface area contributed by atoms with Crippen LogP contribution in [0.2, 0.25) is 0 Å². The zero-order valence-electron chi connectivity index (χ0n) is 10.3. The molecule has 0 saturated heterocycles. The van der Waals surface area contributed by atoms with Gasteiger partial charge in [0.2, 0.25) is 0 Å². The van der Waals surface area contributed by atoms with E-state index in [1.165, 1.54) is 18.4 Å². The van der Waals surface area contributed by atoms with Gasteiger partial charge in [0.05, 0.1) is 16.4 Å². The van der Waals surface area contributed by atoms with Gasteiger partial charge in [-0.2, -0.15) is 0 Å². The van der Waals surface area contributed by atoms with Crippen LogP contribution in [-0.4, -0.2) is 39.4 Å². The average molecular weight is 291 g/mol. The molecule has 1 heterocycles. The molecule has 0 aliphatic rings. The smallest absolute Gasteiger partial charge is 0.263 e. The van der Waals surface area contributed by atoms with E-state index >= 15 is 0 Å². The Bertz CT molecular complexity index is 522. The largest absolute Gasteiger partial charge is 0.397 e. The maximum atomic E-state index is 11.4. The number of thiophene rings is 1. The van der Waals surface area contributed by atoms with E-state index < -0.39 is 9.84 Å². The van der Waals surface area contributed by atoms with E-state index in [1.807, 2.05) is 0 Å². The van der Waals surface area contributed by atoms with Crippen LogP contribution in [0.1, 0.15) is 16.6 Å². The van der Waals surface area contributed by atoms with Crippen molar-refractivity contribution in [3.63, 3.8) is 0 Å². The van der Waals surface area contributed by atoms with Crippen LogP contribution in [0.5, 0.6) is 0 Å². The van der Waals surface area contributed by atoms with Crippen LogP contribution < -0.4 is 16.4 Å². The number of anilines is 2. The molecule has 8 heteroatoms. The van der Waals surface area contributed by atoms with Crippen LogP contribution in [-0.2, 0) is 9.84 Å². The summed E-state index contributed by atoms with van der Waals surface area (Å²) in [5.74, 6) is -0.0480. The summed E-state index contributed by atoms with van der Waals surface area (Å²) < 4.78 is 22.6. The quantitative estimate of drug-likeness (QED) is 0.710. The third kappa shape index (κ3) is 3.88. The Morgan fingerprint density at radius 3 is 2.72 bits per heavy atom. The molecule has 1 amide bonds. The van der Waals surface area contributed by atoms with Gasteiger partial charge in [-0.05, 0) is 6.07 Å². The molecule has 18 heavy (non-hydrogen) atoms. The van der Waals surface area contributed by atoms with E-state index in [2.05, 4.69) is 10.6 Å². The van der Waals surface area contributed by atoms with Gasteiger partial charge in [-0.3, -0.25) is 4.79 Å². The Hall–Kier alpha value is -1.28. The first-order valence-corrected chi connectivity index (χ1v) is 8.09. The first-order chi connectivity index (χ1) is 8.39. The predicted octanol–water partition coefficient (Wildman–Crippen LogP) is 0.537. The van der Waals surface area contributed by atoms with Crippen molar-refractivity contribution in [2.24, 2.45) is 0 Å². The van der Waals surface area contributed by atoms with Crippen LogP contribution in [0.3, 0.4) is 0 Å². The van der Waals surface area contributed by atoms with Crippen molar-refractivity contribution in [1.29, 1.82) is 0 Å². The summed E-state index contributed by atoms with van der Waals surface area (Å²) in [6, 6.07) is 1.63. The van der Waals surface area contributed by atoms with Crippen molar-refractivity contribution >= 4 is 37.8 Å². The van der Waals surface area contributed by atoms with Gasteiger partial charge >= 0.3 is 0 Å². The van der Waals surface area contributed by atoms with Gasteiger partial charge in [0.15, 0.2) is 9.84 Å². The number of hydrogen-bond donors (Lipinski definition) is 3. The van der Waals surface area contributed by atoms with Crippen molar-refractivity contribution < 1.29 is 13.2 Å². The van der Waals surface area contributed by atoms with Crippen LogP contribution in [0.4, 0.5) is 10.7 Å². The minimum absolute atomic E-state index is 0.0661. The topological polar surface area (TPSA) is 101 Å². The molecule has 0 atom stereocenters. The number of sulfone groups is 1. The third-order valence-electron chi connectivity index (χ3n) is 2.35. The van der Waals surface area contributed by atoms with E-state index in [0.29, 0.717) is 22.1 Å². The van der Waals surface area contributed by atoms with Gasteiger partial charge in [-0.1, -0.05) is 6.92 Å². The van der Waals surface area contributed by atoms with Crippen molar-refractivity contribution in [3.05, 3.63) is 10.9 Å². The SMILES string of the molecule is CCS(=O)(=O)CCNc1cc(N)c(C(=O)NC)s1. The molecule has 102 valence electrons. The molecule has 1 rings (SSSR count). The molecule has 0 aliphatic heterocycles. The summed E-state index contributed by atoms with van der Waals surface area (Å²) in [5.41, 5.74) is 6.08. The lowest BCUT2D eigenvalue weighted by atomic mass is 10.4. The van der Waals surface area contributed by atoms with Gasteiger partial charge in [-0.15, -0.1) is 11.3 Å². The molecule has 6 nitrogen and oxygen atoms in total. The van der Waals surface area contributed by atoms with Crippen molar-refractivity contribution in [2.45, 2.75) is 6.92 Å². The lowest BCUT2D eigenvalue weighted by Gasteiger charge is -2.03. The second-order valence-corrected chi connectivity index (χ2v) is 7.16. The fourth-order valence-corrected chi connectivity index (χ4v) is 2.91. The van der Waals surface area contributed by atoms with Gasteiger partial charge < -0.3 is 16.4 Å².